The second-order valence-corrected chi connectivity index (χ2v) is 6.87. The van der Waals surface area contributed by atoms with Gasteiger partial charge < -0.3 is 10.6 Å². The van der Waals surface area contributed by atoms with E-state index in [1.165, 1.54) is 11.3 Å². The van der Waals surface area contributed by atoms with Crippen LogP contribution in [0.3, 0.4) is 0 Å². The van der Waals surface area contributed by atoms with E-state index in [0.717, 1.165) is 10.4 Å². The van der Waals surface area contributed by atoms with Gasteiger partial charge in [-0.05, 0) is 18.7 Å². The fraction of sp³-hybridized carbons (Fsp3) is 0.333. The summed E-state index contributed by atoms with van der Waals surface area (Å²) >= 11 is 13.6. The van der Waals surface area contributed by atoms with E-state index in [9.17, 15) is 4.79 Å². The van der Waals surface area contributed by atoms with Crippen LogP contribution < -0.4 is 10.6 Å². The van der Waals surface area contributed by atoms with Gasteiger partial charge in [0.05, 0.1) is 10.0 Å². The van der Waals surface area contributed by atoms with Crippen molar-refractivity contribution >= 4 is 58.0 Å². The molecule has 0 saturated carbocycles. The van der Waals surface area contributed by atoms with Gasteiger partial charge in [-0.15, -0.1) is 23.7 Å². The van der Waals surface area contributed by atoms with E-state index in [0.29, 0.717) is 28.1 Å². The molecule has 1 aromatic heterocycles. The first-order valence-corrected chi connectivity index (χ1v) is 8.41. The van der Waals surface area contributed by atoms with Gasteiger partial charge in [0.2, 0.25) is 5.91 Å². The van der Waals surface area contributed by atoms with Gasteiger partial charge in [0, 0.05) is 30.0 Å². The number of anilines is 1. The zero-order chi connectivity index (χ0) is 16.1. The van der Waals surface area contributed by atoms with Gasteiger partial charge in [-0.25, -0.2) is 4.98 Å². The van der Waals surface area contributed by atoms with Crippen molar-refractivity contribution in [3.05, 3.63) is 44.9 Å². The molecule has 126 valence electrons. The van der Waals surface area contributed by atoms with E-state index in [1.807, 2.05) is 26.1 Å². The molecular weight excluding hydrogens is 377 g/mol. The van der Waals surface area contributed by atoms with Gasteiger partial charge in [-0.2, -0.15) is 0 Å². The Hall–Kier alpha value is -0.850. The fourth-order valence-electron chi connectivity index (χ4n) is 1.95. The lowest BCUT2D eigenvalue weighted by molar-refractivity contribution is -0.119. The molecule has 0 bridgehead atoms. The summed E-state index contributed by atoms with van der Waals surface area (Å²) in [7, 11) is 1.82. The normalized spacial score (nSPS) is 11.7. The summed E-state index contributed by atoms with van der Waals surface area (Å²) in [6.45, 7) is 2.49. The summed E-state index contributed by atoms with van der Waals surface area (Å²) in [6.07, 6.45) is 2.39. The number of benzene rings is 1. The van der Waals surface area contributed by atoms with E-state index in [2.05, 4.69) is 15.6 Å². The molecule has 23 heavy (non-hydrogen) atoms. The zero-order valence-electron chi connectivity index (χ0n) is 12.7. The average molecular weight is 395 g/mol. The Kier molecular flexibility index (Phi) is 8.29. The second kappa shape index (κ2) is 9.45. The van der Waals surface area contributed by atoms with Gasteiger partial charge in [0.15, 0.2) is 5.13 Å². The van der Waals surface area contributed by atoms with E-state index in [-0.39, 0.29) is 24.2 Å². The average Bonchev–Trinajstić information content (AvgIpc) is 2.91. The Bertz CT molecular complexity index is 663. The third-order valence-corrected chi connectivity index (χ3v) is 4.91. The molecule has 1 amide bonds. The SMILES string of the molecule is CNCC(C)C(=O)Nc1ncc(Cc2cccc(Cl)c2Cl)s1.Cl. The Morgan fingerprint density at radius 2 is 2.13 bits per heavy atom. The molecule has 0 aliphatic rings. The van der Waals surface area contributed by atoms with E-state index < -0.39 is 0 Å². The Morgan fingerprint density at radius 1 is 1.39 bits per heavy atom. The summed E-state index contributed by atoms with van der Waals surface area (Å²) in [5, 5.41) is 7.51. The van der Waals surface area contributed by atoms with Crippen molar-refractivity contribution in [2.75, 3.05) is 18.9 Å². The molecule has 4 nitrogen and oxygen atoms in total. The van der Waals surface area contributed by atoms with Gasteiger partial charge >= 0.3 is 0 Å². The highest BCUT2D eigenvalue weighted by atomic mass is 35.5. The van der Waals surface area contributed by atoms with Crippen LogP contribution in [0.25, 0.3) is 0 Å². The number of thiazole rings is 1. The molecule has 0 spiro atoms. The van der Waals surface area contributed by atoms with Crippen molar-refractivity contribution in [2.45, 2.75) is 13.3 Å². The Labute approximate surface area is 156 Å². The maximum atomic E-state index is 11.9. The van der Waals surface area contributed by atoms with Crippen LogP contribution >= 0.6 is 46.9 Å². The van der Waals surface area contributed by atoms with Gasteiger partial charge in [0.1, 0.15) is 0 Å². The predicted molar refractivity (Wildman–Crippen MR) is 100 cm³/mol. The van der Waals surface area contributed by atoms with Crippen LogP contribution in [0, 0.1) is 5.92 Å². The third-order valence-electron chi connectivity index (χ3n) is 3.14. The first kappa shape index (κ1) is 20.2. The number of nitrogens with one attached hydrogen (secondary N) is 2. The second-order valence-electron chi connectivity index (χ2n) is 4.97. The third kappa shape index (κ3) is 5.62. The molecule has 1 atom stereocenters. The molecule has 2 aromatic rings. The number of amides is 1. The topological polar surface area (TPSA) is 54.0 Å². The Balaban J connectivity index is 0.00000264. The Morgan fingerprint density at radius 3 is 2.83 bits per heavy atom. The lowest BCUT2D eigenvalue weighted by Crippen LogP contribution is -2.28. The minimum absolute atomic E-state index is 0. The number of aromatic nitrogens is 1. The zero-order valence-corrected chi connectivity index (χ0v) is 15.9. The predicted octanol–water partition coefficient (Wildman–Crippen LogP) is 4.26. The van der Waals surface area contributed by atoms with Crippen molar-refractivity contribution in [2.24, 2.45) is 5.92 Å². The number of carbonyl (C=O) groups is 1. The van der Waals surface area contributed by atoms with E-state index in [4.69, 9.17) is 23.2 Å². The molecule has 0 aliphatic carbocycles. The standard InChI is InChI=1S/C15H17Cl2N3OS.ClH/c1-9(7-18-2)14(21)20-15-19-8-11(22-15)6-10-4-3-5-12(16)13(10)17;/h3-5,8-9,18H,6-7H2,1-2H3,(H,19,20,21);1H. The number of carbonyl (C=O) groups excluding carboxylic acids is 1. The molecule has 0 fully saturated rings. The van der Waals surface area contributed by atoms with Gasteiger partial charge in [0.25, 0.3) is 0 Å². The number of hydrogen-bond acceptors (Lipinski definition) is 4. The molecule has 1 aromatic carbocycles. The van der Waals surface area contributed by atoms with Crippen LogP contribution in [0.2, 0.25) is 10.0 Å². The largest absolute Gasteiger partial charge is 0.319 e. The molecule has 2 N–H and O–H groups in total. The lowest BCUT2D eigenvalue weighted by atomic mass is 10.1. The quantitative estimate of drug-likeness (QED) is 0.770. The van der Waals surface area contributed by atoms with Crippen LogP contribution in [0.5, 0.6) is 0 Å². The molecule has 1 unspecified atom stereocenters. The van der Waals surface area contributed by atoms with Gasteiger partial charge in [-0.3, -0.25) is 4.79 Å². The molecular formula is C15H18Cl3N3OS. The van der Waals surface area contributed by atoms with Crippen LogP contribution in [-0.4, -0.2) is 24.5 Å². The van der Waals surface area contributed by atoms with Crippen molar-refractivity contribution in [3.8, 4) is 0 Å². The minimum Gasteiger partial charge on any atom is -0.319 e. The number of rotatable bonds is 6. The van der Waals surface area contributed by atoms with Crippen LogP contribution in [0.4, 0.5) is 5.13 Å². The number of halogens is 3. The first-order chi connectivity index (χ1) is 10.5. The summed E-state index contributed by atoms with van der Waals surface area (Å²) in [5.41, 5.74) is 0.944. The maximum Gasteiger partial charge on any atom is 0.230 e. The molecule has 0 saturated heterocycles. The smallest absolute Gasteiger partial charge is 0.230 e. The summed E-state index contributed by atoms with van der Waals surface area (Å²) in [5.74, 6) is -0.157. The van der Waals surface area contributed by atoms with Crippen molar-refractivity contribution in [1.82, 2.24) is 10.3 Å². The summed E-state index contributed by atoms with van der Waals surface area (Å²) in [6, 6.07) is 5.56. The van der Waals surface area contributed by atoms with Crippen molar-refractivity contribution in [1.29, 1.82) is 0 Å². The van der Waals surface area contributed by atoms with E-state index in [1.54, 1.807) is 12.3 Å². The molecule has 1 heterocycles. The summed E-state index contributed by atoms with van der Waals surface area (Å²) in [4.78, 5) is 17.2. The highest BCUT2D eigenvalue weighted by Gasteiger charge is 2.14. The minimum atomic E-state index is -0.111. The van der Waals surface area contributed by atoms with Crippen LogP contribution in [0.1, 0.15) is 17.4 Å². The first-order valence-electron chi connectivity index (χ1n) is 6.84. The highest BCUT2D eigenvalue weighted by molar-refractivity contribution is 7.15. The molecule has 0 aliphatic heterocycles. The molecule has 0 radical (unpaired) electrons. The lowest BCUT2D eigenvalue weighted by Gasteiger charge is -2.09. The van der Waals surface area contributed by atoms with E-state index >= 15 is 0 Å². The van der Waals surface area contributed by atoms with Crippen molar-refractivity contribution < 1.29 is 4.79 Å². The monoisotopic (exact) mass is 393 g/mol. The van der Waals surface area contributed by atoms with Gasteiger partial charge in [-0.1, -0.05) is 42.3 Å². The highest BCUT2D eigenvalue weighted by Crippen LogP contribution is 2.29. The van der Waals surface area contributed by atoms with Crippen molar-refractivity contribution in [3.63, 3.8) is 0 Å². The van der Waals surface area contributed by atoms with Crippen LogP contribution in [0.15, 0.2) is 24.4 Å². The molecule has 8 heteroatoms. The number of hydrogen-bond donors (Lipinski definition) is 2. The number of nitrogens with zero attached hydrogens (tertiary/aromatic N) is 1. The fourth-order valence-corrected chi connectivity index (χ4v) is 3.17. The maximum absolute atomic E-state index is 11.9. The summed E-state index contributed by atoms with van der Waals surface area (Å²) < 4.78 is 0. The molecule has 2 rings (SSSR count). The van der Waals surface area contributed by atoms with Crippen LogP contribution in [-0.2, 0) is 11.2 Å².